The van der Waals surface area contributed by atoms with Crippen LogP contribution in [0.2, 0.25) is 0 Å². The van der Waals surface area contributed by atoms with Crippen LogP contribution in [0.25, 0.3) is 11.3 Å². The largest absolute Gasteiger partial charge is 0.484 e. The monoisotopic (exact) mass is 659 g/mol. The smallest absolute Gasteiger partial charge is 0.320 e. The Bertz CT molecular complexity index is 1910. The molecular formula is C33H41N9O4S. The lowest BCUT2D eigenvalue weighted by atomic mass is 9.85. The molecule has 1 aliphatic carbocycles. The zero-order chi connectivity index (χ0) is 33.3. The number of nitrogens with one attached hydrogen (secondary N) is 2. The van der Waals surface area contributed by atoms with Gasteiger partial charge >= 0.3 is 6.03 Å². The lowest BCUT2D eigenvalue weighted by molar-refractivity contribution is 0.171. The Morgan fingerprint density at radius 2 is 1.87 bits per heavy atom. The highest BCUT2D eigenvalue weighted by molar-refractivity contribution is 7.79. The van der Waals surface area contributed by atoms with Crippen LogP contribution in [0.15, 0.2) is 61.1 Å². The zero-order valence-corrected chi connectivity index (χ0v) is 28.3. The van der Waals surface area contributed by atoms with Crippen LogP contribution >= 0.6 is 0 Å². The van der Waals surface area contributed by atoms with Gasteiger partial charge in [0.25, 0.3) is 0 Å². The van der Waals surface area contributed by atoms with Crippen LogP contribution in [0, 0.1) is 0 Å². The Labute approximate surface area is 276 Å². The maximum Gasteiger partial charge on any atom is 0.320 e. The summed E-state index contributed by atoms with van der Waals surface area (Å²) in [7, 11) is 0. The second kappa shape index (κ2) is 13.3. The number of anilines is 1. The van der Waals surface area contributed by atoms with Crippen LogP contribution in [0.1, 0.15) is 88.2 Å². The van der Waals surface area contributed by atoms with E-state index in [1.807, 2.05) is 53.2 Å². The third kappa shape index (κ3) is 7.23. The van der Waals surface area contributed by atoms with E-state index in [4.69, 9.17) is 14.0 Å². The number of hydrogen-bond acceptors (Lipinski definition) is 8. The lowest BCUT2D eigenvalue weighted by Gasteiger charge is -2.32. The van der Waals surface area contributed by atoms with Gasteiger partial charge in [0, 0.05) is 23.7 Å². The van der Waals surface area contributed by atoms with Crippen molar-refractivity contribution in [2.45, 2.75) is 77.5 Å². The zero-order valence-electron chi connectivity index (χ0n) is 27.5. The van der Waals surface area contributed by atoms with E-state index in [1.54, 1.807) is 15.6 Å². The molecule has 5 aromatic rings. The molecule has 0 radical (unpaired) electrons. The summed E-state index contributed by atoms with van der Waals surface area (Å²) in [5.74, 6) is 2.37. The Hall–Kier alpha value is -4.56. The van der Waals surface area contributed by atoms with E-state index >= 15 is 0 Å². The molecule has 3 unspecified atom stereocenters. The number of rotatable bonds is 10. The Morgan fingerprint density at radius 1 is 1.09 bits per heavy atom. The summed E-state index contributed by atoms with van der Waals surface area (Å²) in [6, 6.07) is 13.3. The number of carbonyl (C=O) groups excluding carboxylic acids is 1. The van der Waals surface area contributed by atoms with Gasteiger partial charge < -0.3 is 10.1 Å². The number of benzene rings is 1. The van der Waals surface area contributed by atoms with Gasteiger partial charge in [0.15, 0.2) is 16.7 Å². The average Bonchev–Trinajstić information content (AvgIpc) is 3.76. The number of hydrogen-bond donors (Lipinski definition) is 2. The molecule has 14 heteroatoms. The number of fused-ring (bicyclic) bond motifs is 2. The average molecular weight is 660 g/mol. The Balaban J connectivity index is 1.18. The highest BCUT2D eigenvalue weighted by atomic mass is 32.2. The molecule has 0 fully saturated rings. The molecule has 47 heavy (non-hydrogen) atoms. The molecule has 0 saturated carbocycles. The van der Waals surface area contributed by atoms with E-state index in [-0.39, 0.29) is 36.1 Å². The third-order valence-electron chi connectivity index (χ3n) is 8.09. The molecular weight excluding hydrogens is 618 g/mol. The fourth-order valence-corrected chi connectivity index (χ4v) is 6.03. The molecule has 2 amide bonds. The third-order valence-corrected chi connectivity index (χ3v) is 8.59. The molecule has 0 saturated heterocycles. The summed E-state index contributed by atoms with van der Waals surface area (Å²) in [6.45, 7) is 11.1. The van der Waals surface area contributed by atoms with Gasteiger partial charge in [-0.25, -0.2) is 13.7 Å². The molecule has 248 valence electrons. The molecule has 4 heterocycles. The number of ether oxygens (including phenoxy) is 1. The summed E-state index contributed by atoms with van der Waals surface area (Å²) >= 11 is -1.35. The van der Waals surface area contributed by atoms with Crippen molar-refractivity contribution in [3.8, 4) is 11.4 Å². The number of pyridine rings is 1. The maximum atomic E-state index is 13.5. The van der Waals surface area contributed by atoms with Gasteiger partial charge in [-0.1, -0.05) is 58.9 Å². The van der Waals surface area contributed by atoms with Crippen LogP contribution in [0.5, 0.6) is 5.75 Å². The van der Waals surface area contributed by atoms with E-state index in [0.29, 0.717) is 24.5 Å². The molecule has 1 aliphatic rings. The minimum Gasteiger partial charge on any atom is -0.484 e. The van der Waals surface area contributed by atoms with Crippen molar-refractivity contribution in [1.29, 1.82) is 0 Å². The number of nitrogens with zero attached hydrogens (tertiary/aromatic N) is 7. The number of urea groups is 1. The van der Waals surface area contributed by atoms with Gasteiger partial charge in [0.05, 0.1) is 43.5 Å². The standard InChI is InChI=1S/C33H41N9O4S/c1-21(2)31-38-37-29-14-11-23(20-41(29)31)46-27-13-12-26(24-9-7-8-10-25(24)27)35-32(43)36-30-17-28(33(3,4)5)39-42(30)22-18-34-40(19-22)15-16-45-47(6)44/h7-11,14,17-21,26-27H,12-13,15-16H2,1-6H3,(H2,35,36,43). The molecule has 0 aliphatic heterocycles. The minimum absolute atomic E-state index is 0.168. The van der Waals surface area contributed by atoms with Crippen molar-refractivity contribution >= 4 is 28.6 Å². The number of aromatic nitrogens is 7. The topological polar surface area (TPSA) is 142 Å². The number of carbonyl (C=O) groups is 1. The highest BCUT2D eigenvalue weighted by Crippen LogP contribution is 2.39. The molecule has 4 aromatic heterocycles. The first kappa shape index (κ1) is 32.4. The molecule has 13 nitrogen and oxygen atoms in total. The predicted molar refractivity (Wildman–Crippen MR) is 179 cm³/mol. The minimum atomic E-state index is -1.35. The van der Waals surface area contributed by atoms with Crippen molar-refractivity contribution in [1.82, 2.24) is 39.5 Å². The van der Waals surface area contributed by atoms with Gasteiger partial charge in [-0.15, -0.1) is 10.2 Å². The van der Waals surface area contributed by atoms with Gasteiger partial charge in [0.2, 0.25) is 0 Å². The predicted octanol–water partition coefficient (Wildman–Crippen LogP) is 5.62. The van der Waals surface area contributed by atoms with E-state index < -0.39 is 11.1 Å². The molecule has 6 rings (SSSR count). The van der Waals surface area contributed by atoms with Crippen LogP contribution < -0.4 is 15.4 Å². The summed E-state index contributed by atoms with van der Waals surface area (Å²) in [5, 5.41) is 24.0. The van der Waals surface area contributed by atoms with Gasteiger partial charge in [-0.2, -0.15) is 10.2 Å². The molecule has 3 atom stereocenters. The second-order valence-corrected chi connectivity index (χ2v) is 14.1. The molecule has 1 aromatic carbocycles. The fourth-order valence-electron chi connectivity index (χ4n) is 5.72. The SMILES string of the molecule is CC(C)c1nnc2ccc(OC3CCC(NC(=O)Nc4cc(C(C)(C)C)nn4-c4cnn(CCOS(C)=O)c4)c4ccccc43)cn12. The first-order valence-corrected chi connectivity index (χ1v) is 17.2. The molecule has 0 bridgehead atoms. The van der Waals surface area contributed by atoms with Gasteiger partial charge in [0.1, 0.15) is 29.2 Å². The first-order chi connectivity index (χ1) is 22.5. The van der Waals surface area contributed by atoms with E-state index in [0.717, 1.165) is 40.5 Å². The Morgan fingerprint density at radius 3 is 2.62 bits per heavy atom. The van der Waals surface area contributed by atoms with Crippen molar-refractivity contribution in [2.75, 3.05) is 18.2 Å². The van der Waals surface area contributed by atoms with Crippen LogP contribution in [-0.4, -0.2) is 57.3 Å². The van der Waals surface area contributed by atoms with E-state index in [9.17, 15) is 9.00 Å². The van der Waals surface area contributed by atoms with Crippen LogP contribution in [-0.2, 0) is 27.2 Å². The molecule has 0 spiro atoms. The van der Waals surface area contributed by atoms with E-state index in [1.165, 1.54) is 6.26 Å². The van der Waals surface area contributed by atoms with Crippen molar-refractivity contribution in [3.05, 3.63) is 83.7 Å². The normalized spacial score (nSPS) is 17.1. The van der Waals surface area contributed by atoms with Crippen LogP contribution in [0.4, 0.5) is 10.6 Å². The van der Waals surface area contributed by atoms with Gasteiger partial charge in [-0.3, -0.25) is 18.6 Å². The van der Waals surface area contributed by atoms with Crippen molar-refractivity contribution in [3.63, 3.8) is 0 Å². The summed E-state index contributed by atoms with van der Waals surface area (Å²) in [6.07, 6.45) is 8.17. The molecule has 2 N–H and O–H groups in total. The Kier molecular flexibility index (Phi) is 9.15. The maximum absolute atomic E-state index is 13.5. The lowest BCUT2D eigenvalue weighted by Crippen LogP contribution is -2.36. The van der Waals surface area contributed by atoms with Crippen molar-refractivity contribution < 1.29 is 17.9 Å². The summed E-state index contributed by atoms with van der Waals surface area (Å²) in [4.78, 5) is 13.5. The van der Waals surface area contributed by atoms with Gasteiger partial charge in [-0.05, 0) is 36.1 Å². The second-order valence-electron chi connectivity index (χ2n) is 13.0. The van der Waals surface area contributed by atoms with E-state index in [2.05, 4.69) is 66.6 Å². The fraction of sp³-hybridized carbons (Fsp3) is 0.424. The summed E-state index contributed by atoms with van der Waals surface area (Å²) in [5.41, 5.74) is 4.10. The van der Waals surface area contributed by atoms with Crippen LogP contribution in [0.3, 0.4) is 0 Å². The highest BCUT2D eigenvalue weighted by Gasteiger charge is 2.30. The number of amides is 2. The summed E-state index contributed by atoms with van der Waals surface area (Å²) < 4.78 is 28.3. The van der Waals surface area contributed by atoms with Crippen molar-refractivity contribution in [2.24, 2.45) is 0 Å². The first-order valence-electron chi connectivity index (χ1n) is 15.7. The quantitative estimate of drug-likeness (QED) is 0.197.